The fraction of sp³-hybridized carbons (Fsp3) is 0.250. The van der Waals surface area contributed by atoms with Gasteiger partial charge in [-0.1, -0.05) is 56.1 Å². The van der Waals surface area contributed by atoms with E-state index in [1.807, 2.05) is 54.9 Å². The molecule has 0 saturated heterocycles. The van der Waals surface area contributed by atoms with Crippen LogP contribution in [0.25, 0.3) is 22.6 Å². The zero-order valence-electron chi connectivity index (χ0n) is 17.3. The summed E-state index contributed by atoms with van der Waals surface area (Å²) in [6.07, 6.45) is 4.27. The molecule has 4 aromatic rings. The first-order valence-corrected chi connectivity index (χ1v) is 11.4. The number of aryl methyl sites for hydroxylation is 1. The number of rotatable bonds is 6. The van der Waals surface area contributed by atoms with Gasteiger partial charge < -0.3 is 9.63 Å². The Hall–Kier alpha value is -2.47. The second-order valence-electron chi connectivity index (χ2n) is 6.53. The molecule has 6 heteroatoms. The Morgan fingerprint density at radius 2 is 2.03 bits per heavy atom. The van der Waals surface area contributed by atoms with Crippen LogP contribution in [0.5, 0.6) is 0 Å². The average molecular weight is 441 g/mol. The van der Waals surface area contributed by atoms with Crippen LogP contribution in [-0.4, -0.2) is 15.2 Å². The number of hydrogen-bond donors (Lipinski definition) is 1. The first-order valence-electron chi connectivity index (χ1n) is 10.1. The molecule has 0 saturated carbocycles. The molecule has 1 unspecified atom stereocenters. The van der Waals surface area contributed by atoms with Crippen LogP contribution in [0.2, 0.25) is 5.02 Å². The van der Waals surface area contributed by atoms with Crippen LogP contribution in [0.3, 0.4) is 0 Å². The lowest BCUT2D eigenvalue weighted by Gasteiger charge is -2.14. The first kappa shape index (κ1) is 22.2. The molecule has 4 rings (SSSR count). The normalized spacial score (nSPS) is 11.6. The number of hydrogen-bond acceptors (Lipinski definition) is 5. The summed E-state index contributed by atoms with van der Waals surface area (Å²) < 4.78 is 5.74. The standard InChI is InChI=1S/C22H19ClN2O2S.C2H6/c1-2-4-14-11-17(23)6-7-18(14)20-19(21(26)15-5-3-9-24-12-15)22(27-25-20)16-8-10-28-13-16;1-2/h3,5-13,21,26H,2,4H2,1H3;1-2H3. The van der Waals surface area contributed by atoms with E-state index in [-0.39, 0.29) is 0 Å². The smallest absolute Gasteiger partial charge is 0.174 e. The van der Waals surface area contributed by atoms with E-state index < -0.39 is 6.10 Å². The van der Waals surface area contributed by atoms with Crippen molar-refractivity contribution in [3.05, 3.63) is 81.3 Å². The Kier molecular flexibility index (Phi) is 7.80. The van der Waals surface area contributed by atoms with Crippen molar-refractivity contribution < 1.29 is 9.63 Å². The van der Waals surface area contributed by atoms with Crippen LogP contribution in [-0.2, 0) is 6.42 Å². The van der Waals surface area contributed by atoms with E-state index in [0.29, 0.717) is 27.6 Å². The maximum absolute atomic E-state index is 11.2. The SMILES string of the molecule is CC.CCCc1cc(Cl)ccc1-c1noc(-c2ccsc2)c1C(O)c1cccnc1. The van der Waals surface area contributed by atoms with Gasteiger partial charge in [0.1, 0.15) is 11.8 Å². The van der Waals surface area contributed by atoms with Gasteiger partial charge in [-0.25, -0.2) is 0 Å². The Bertz CT molecular complexity index is 1060. The summed E-state index contributed by atoms with van der Waals surface area (Å²) in [4.78, 5) is 4.14. The van der Waals surface area contributed by atoms with Gasteiger partial charge in [-0.15, -0.1) is 0 Å². The van der Waals surface area contributed by atoms with E-state index in [2.05, 4.69) is 17.1 Å². The van der Waals surface area contributed by atoms with Crippen LogP contribution in [0.1, 0.15) is 50.0 Å². The molecule has 3 aromatic heterocycles. The van der Waals surface area contributed by atoms with Crippen LogP contribution in [0, 0.1) is 0 Å². The maximum atomic E-state index is 11.2. The van der Waals surface area contributed by atoms with E-state index >= 15 is 0 Å². The van der Waals surface area contributed by atoms with Crippen LogP contribution >= 0.6 is 22.9 Å². The van der Waals surface area contributed by atoms with Crippen molar-refractivity contribution in [1.29, 1.82) is 0 Å². The largest absolute Gasteiger partial charge is 0.383 e. The lowest BCUT2D eigenvalue weighted by Crippen LogP contribution is -2.03. The molecule has 0 aliphatic rings. The number of aliphatic hydroxyl groups excluding tert-OH is 1. The lowest BCUT2D eigenvalue weighted by atomic mass is 9.92. The number of aliphatic hydroxyl groups is 1. The topological polar surface area (TPSA) is 59.2 Å². The van der Waals surface area contributed by atoms with Gasteiger partial charge in [0.2, 0.25) is 0 Å². The highest BCUT2D eigenvalue weighted by molar-refractivity contribution is 7.08. The predicted octanol–water partition coefficient (Wildman–Crippen LogP) is 7.18. The molecule has 3 heterocycles. The molecule has 0 spiro atoms. The van der Waals surface area contributed by atoms with Gasteiger partial charge in [-0.3, -0.25) is 4.98 Å². The highest BCUT2D eigenvalue weighted by atomic mass is 35.5. The Morgan fingerprint density at radius 3 is 2.70 bits per heavy atom. The molecule has 156 valence electrons. The first-order chi connectivity index (χ1) is 14.7. The molecule has 1 N–H and O–H groups in total. The average Bonchev–Trinajstić information content (AvgIpc) is 3.46. The van der Waals surface area contributed by atoms with Crippen molar-refractivity contribution >= 4 is 22.9 Å². The van der Waals surface area contributed by atoms with Gasteiger partial charge >= 0.3 is 0 Å². The Morgan fingerprint density at radius 1 is 1.20 bits per heavy atom. The number of pyridine rings is 1. The predicted molar refractivity (Wildman–Crippen MR) is 124 cm³/mol. The minimum absolute atomic E-state index is 0.574. The molecule has 1 aromatic carbocycles. The van der Waals surface area contributed by atoms with E-state index in [0.717, 1.165) is 29.5 Å². The van der Waals surface area contributed by atoms with Crippen LogP contribution in [0.4, 0.5) is 0 Å². The van der Waals surface area contributed by atoms with Crippen molar-refractivity contribution in [2.75, 3.05) is 0 Å². The van der Waals surface area contributed by atoms with E-state index in [1.54, 1.807) is 29.8 Å². The Balaban J connectivity index is 0.00000124. The van der Waals surface area contributed by atoms with Crippen molar-refractivity contribution in [2.24, 2.45) is 0 Å². The second kappa shape index (κ2) is 10.5. The molecule has 0 aliphatic carbocycles. The molecular weight excluding hydrogens is 416 g/mol. The molecular formula is C24H25ClN2O2S. The molecule has 0 radical (unpaired) electrons. The van der Waals surface area contributed by atoms with Gasteiger partial charge in [0.15, 0.2) is 5.76 Å². The van der Waals surface area contributed by atoms with Crippen LogP contribution in [0.15, 0.2) is 64.1 Å². The summed E-state index contributed by atoms with van der Waals surface area (Å²) in [7, 11) is 0. The summed E-state index contributed by atoms with van der Waals surface area (Å²) in [5, 5.41) is 20.2. The van der Waals surface area contributed by atoms with Gasteiger partial charge in [0.25, 0.3) is 0 Å². The van der Waals surface area contributed by atoms with Crippen molar-refractivity contribution in [1.82, 2.24) is 10.1 Å². The number of aromatic nitrogens is 2. The fourth-order valence-corrected chi connectivity index (χ4v) is 4.15. The molecule has 4 nitrogen and oxygen atoms in total. The molecule has 0 amide bonds. The number of benzene rings is 1. The Labute approximate surface area is 186 Å². The van der Waals surface area contributed by atoms with Crippen molar-refractivity contribution in [3.63, 3.8) is 0 Å². The summed E-state index contributed by atoms with van der Waals surface area (Å²) in [5.41, 5.74) is 4.88. The lowest BCUT2D eigenvalue weighted by molar-refractivity contribution is 0.220. The minimum atomic E-state index is -0.907. The monoisotopic (exact) mass is 440 g/mol. The van der Waals surface area contributed by atoms with Gasteiger partial charge in [-0.05, 0) is 41.6 Å². The number of nitrogens with zero attached hydrogens (tertiary/aromatic N) is 2. The van der Waals surface area contributed by atoms with E-state index in [4.69, 9.17) is 16.1 Å². The third kappa shape index (κ3) is 4.64. The van der Waals surface area contributed by atoms with Gasteiger partial charge in [0, 0.05) is 39.5 Å². The van der Waals surface area contributed by atoms with Crippen molar-refractivity contribution in [3.8, 4) is 22.6 Å². The van der Waals surface area contributed by atoms with E-state index in [9.17, 15) is 5.11 Å². The summed E-state index contributed by atoms with van der Waals surface area (Å²) >= 11 is 7.79. The molecule has 0 aliphatic heterocycles. The second-order valence-corrected chi connectivity index (χ2v) is 7.74. The fourth-order valence-electron chi connectivity index (χ4n) is 3.32. The third-order valence-corrected chi connectivity index (χ3v) is 5.54. The van der Waals surface area contributed by atoms with Crippen LogP contribution < -0.4 is 0 Å². The quantitative estimate of drug-likeness (QED) is 0.345. The van der Waals surface area contributed by atoms with Crippen molar-refractivity contribution in [2.45, 2.75) is 39.7 Å². The van der Waals surface area contributed by atoms with E-state index in [1.165, 1.54) is 0 Å². The number of thiophene rings is 1. The molecule has 0 bridgehead atoms. The molecule has 1 atom stereocenters. The highest BCUT2D eigenvalue weighted by Crippen LogP contribution is 2.41. The van der Waals surface area contributed by atoms with Gasteiger partial charge in [0.05, 0.1) is 5.56 Å². The summed E-state index contributed by atoms with van der Waals surface area (Å²) in [6.45, 7) is 6.12. The summed E-state index contributed by atoms with van der Waals surface area (Å²) in [6, 6.07) is 11.4. The summed E-state index contributed by atoms with van der Waals surface area (Å²) in [5.74, 6) is 0.574. The number of halogens is 1. The zero-order chi connectivity index (χ0) is 21.5. The minimum Gasteiger partial charge on any atom is -0.383 e. The van der Waals surface area contributed by atoms with Gasteiger partial charge in [-0.2, -0.15) is 11.3 Å². The molecule has 30 heavy (non-hydrogen) atoms. The zero-order valence-corrected chi connectivity index (χ0v) is 18.9. The maximum Gasteiger partial charge on any atom is 0.174 e. The molecule has 0 fully saturated rings. The third-order valence-electron chi connectivity index (χ3n) is 4.63. The highest BCUT2D eigenvalue weighted by Gasteiger charge is 2.27.